The van der Waals surface area contributed by atoms with E-state index >= 15 is 0 Å². The molecule has 3 atom stereocenters. The smallest absolute Gasteiger partial charge is 0.349 e. The van der Waals surface area contributed by atoms with Crippen LogP contribution in [0.3, 0.4) is 0 Å². The molecule has 0 amide bonds. The van der Waals surface area contributed by atoms with Crippen molar-refractivity contribution in [3.63, 3.8) is 0 Å². The summed E-state index contributed by atoms with van der Waals surface area (Å²) in [4.78, 5) is 28.0. The summed E-state index contributed by atoms with van der Waals surface area (Å²) in [6, 6.07) is 9.21. The molecule has 4 rings (SSSR count). The third-order valence-electron chi connectivity index (χ3n) is 6.26. The normalized spacial score (nSPS) is 20.4. The average molecular weight is 463 g/mol. The lowest BCUT2D eigenvalue weighted by atomic mass is 9.88. The summed E-state index contributed by atoms with van der Waals surface area (Å²) in [5.74, 6) is 2.00. The molecule has 0 bridgehead atoms. The van der Waals surface area contributed by atoms with Gasteiger partial charge in [-0.15, -0.1) is 0 Å². The number of aromatic nitrogens is 4. The van der Waals surface area contributed by atoms with Crippen molar-refractivity contribution in [3.8, 4) is 17.7 Å². The molecule has 1 saturated heterocycles. The number of piperidine rings is 1. The van der Waals surface area contributed by atoms with Crippen LogP contribution in [0.2, 0.25) is 0 Å². The molecule has 1 fully saturated rings. The lowest BCUT2D eigenvalue weighted by molar-refractivity contribution is 0.0908. The zero-order valence-electron chi connectivity index (χ0n) is 20.2. The van der Waals surface area contributed by atoms with Gasteiger partial charge in [0.25, 0.3) is 0 Å². The summed E-state index contributed by atoms with van der Waals surface area (Å²) < 4.78 is 13.4. The molecule has 0 unspecified atom stereocenters. The highest BCUT2D eigenvalue weighted by Gasteiger charge is 2.36. The van der Waals surface area contributed by atoms with Crippen LogP contribution in [0.4, 0.5) is 5.82 Å². The first-order chi connectivity index (χ1) is 16.3. The molecule has 3 aromatic rings. The molecule has 4 heterocycles. The second-order valence-electron chi connectivity index (χ2n) is 9.01. The van der Waals surface area contributed by atoms with E-state index in [-0.39, 0.29) is 29.9 Å². The summed E-state index contributed by atoms with van der Waals surface area (Å²) in [7, 11) is 1.66. The first kappa shape index (κ1) is 23.5. The van der Waals surface area contributed by atoms with Crippen LogP contribution in [0.25, 0.3) is 11.0 Å². The number of nitrogens with zero attached hydrogens (tertiary/aromatic N) is 6. The third kappa shape index (κ3) is 4.67. The molecule has 0 saturated carbocycles. The van der Waals surface area contributed by atoms with Gasteiger partial charge in [0.2, 0.25) is 5.88 Å². The molecule has 9 heteroatoms. The van der Waals surface area contributed by atoms with E-state index < -0.39 is 0 Å². The average Bonchev–Trinajstić information content (AvgIpc) is 2.82. The van der Waals surface area contributed by atoms with Gasteiger partial charge in [-0.1, -0.05) is 6.92 Å². The van der Waals surface area contributed by atoms with Gasteiger partial charge in [-0.2, -0.15) is 10.2 Å². The molecular weight excluding hydrogens is 432 g/mol. The molecule has 1 aliphatic rings. The van der Waals surface area contributed by atoms with E-state index in [0.717, 1.165) is 12.8 Å². The number of aryl methyl sites for hydroxylation is 1. The van der Waals surface area contributed by atoms with E-state index in [1.807, 2.05) is 26.0 Å². The van der Waals surface area contributed by atoms with Gasteiger partial charge in [0.1, 0.15) is 29.1 Å². The number of rotatable bonds is 6. The van der Waals surface area contributed by atoms with E-state index in [9.17, 15) is 10.1 Å². The van der Waals surface area contributed by atoms with Gasteiger partial charge in [-0.3, -0.25) is 4.57 Å². The monoisotopic (exact) mass is 462 g/mol. The van der Waals surface area contributed by atoms with Crippen molar-refractivity contribution in [2.24, 2.45) is 13.0 Å². The maximum atomic E-state index is 12.6. The molecule has 0 spiro atoms. The largest absolute Gasteiger partial charge is 0.489 e. The van der Waals surface area contributed by atoms with Crippen molar-refractivity contribution in [1.29, 1.82) is 5.26 Å². The highest BCUT2D eigenvalue weighted by molar-refractivity contribution is 5.86. The quantitative estimate of drug-likeness (QED) is 0.548. The fourth-order valence-electron chi connectivity index (χ4n) is 4.44. The highest BCUT2D eigenvalue weighted by atomic mass is 16.5. The standard InChI is InChI=1S/C25H30N6O3/c1-6-17-14-31(24-23-20(30(5)25(32)29-24)9-7-18(12-26)28-23)16(4)11-21(17)34-22-10-8-19(13-27-22)33-15(2)3/h7-10,13,15-17,21H,6,11,14H2,1-5H3/t16-,17+,21-/m0/s1. The minimum absolute atomic E-state index is 0.0268. The van der Waals surface area contributed by atoms with Crippen LogP contribution in [-0.2, 0) is 7.05 Å². The number of hydrogen-bond donors (Lipinski definition) is 0. The van der Waals surface area contributed by atoms with E-state index in [1.54, 1.807) is 25.4 Å². The minimum Gasteiger partial charge on any atom is -0.489 e. The fourth-order valence-corrected chi connectivity index (χ4v) is 4.44. The number of fused-ring (bicyclic) bond motifs is 1. The van der Waals surface area contributed by atoms with Crippen molar-refractivity contribution in [1.82, 2.24) is 19.5 Å². The third-order valence-corrected chi connectivity index (χ3v) is 6.26. The van der Waals surface area contributed by atoms with Crippen LogP contribution >= 0.6 is 0 Å². The maximum absolute atomic E-state index is 12.6. The van der Waals surface area contributed by atoms with Crippen LogP contribution < -0.4 is 20.1 Å². The van der Waals surface area contributed by atoms with Crippen molar-refractivity contribution < 1.29 is 9.47 Å². The second kappa shape index (κ2) is 9.67. The Morgan fingerprint density at radius 3 is 2.68 bits per heavy atom. The van der Waals surface area contributed by atoms with E-state index in [0.29, 0.717) is 40.7 Å². The second-order valence-corrected chi connectivity index (χ2v) is 9.01. The van der Waals surface area contributed by atoms with Crippen LogP contribution in [-0.4, -0.2) is 44.3 Å². The van der Waals surface area contributed by atoms with Gasteiger partial charge in [0.15, 0.2) is 5.82 Å². The van der Waals surface area contributed by atoms with Crippen LogP contribution in [0, 0.1) is 17.2 Å². The molecule has 9 nitrogen and oxygen atoms in total. The predicted molar refractivity (Wildman–Crippen MR) is 129 cm³/mol. The van der Waals surface area contributed by atoms with Crippen molar-refractivity contribution >= 4 is 16.9 Å². The fraction of sp³-hybridized carbons (Fsp3) is 0.480. The SMILES string of the molecule is CC[C@@H]1CN(c2nc(=O)n(C)c3ccc(C#N)nc23)[C@@H](C)C[C@@H]1Oc1ccc(OC(C)C)cn1. The van der Waals surface area contributed by atoms with Gasteiger partial charge in [-0.25, -0.2) is 14.8 Å². The molecule has 178 valence electrons. The number of anilines is 1. The molecule has 0 N–H and O–H groups in total. The van der Waals surface area contributed by atoms with Crippen molar-refractivity contribution in [3.05, 3.63) is 46.6 Å². The van der Waals surface area contributed by atoms with Crippen molar-refractivity contribution in [2.45, 2.75) is 58.8 Å². The Kier molecular flexibility index (Phi) is 6.68. The van der Waals surface area contributed by atoms with E-state index in [2.05, 4.69) is 39.8 Å². The topological polar surface area (TPSA) is 106 Å². The van der Waals surface area contributed by atoms with E-state index in [1.165, 1.54) is 4.57 Å². The summed E-state index contributed by atoms with van der Waals surface area (Å²) in [6.45, 7) is 8.83. The molecule has 3 aromatic heterocycles. The summed E-state index contributed by atoms with van der Waals surface area (Å²) in [5.41, 5.74) is 1.16. The van der Waals surface area contributed by atoms with Gasteiger partial charge in [-0.05, 0) is 45.4 Å². The molecule has 1 aliphatic heterocycles. The molecular formula is C25H30N6O3. The number of nitriles is 1. The lowest BCUT2D eigenvalue weighted by Gasteiger charge is -2.43. The Hall–Kier alpha value is -3.67. The van der Waals surface area contributed by atoms with Crippen LogP contribution in [0.15, 0.2) is 35.3 Å². The number of ether oxygens (including phenoxy) is 2. The minimum atomic E-state index is -0.347. The van der Waals surface area contributed by atoms with Crippen molar-refractivity contribution in [2.75, 3.05) is 11.4 Å². The van der Waals surface area contributed by atoms with Crippen LogP contribution in [0.5, 0.6) is 11.6 Å². The highest BCUT2D eigenvalue weighted by Crippen LogP contribution is 2.33. The molecule has 0 radical (unpaired) electrons. The summed E-state index contributed by atoms with van der Waals surface area (Å²) in [5, 5.41) is 9.34. The zero-order valence-corrected chi connectivity index (χ0v) is 20.2. The number of pyridine rings is 2. The Balaban J connectivity index is 1.61. The summed E-state index contributed by atoms with van der Waals surface area (Å²) in [6.07, 6.45) is 3.37. The lowest BCUT2D eigenvalue weighted by Crippen LogP contribution is -2.51. The Labute approximate surface area is 199 Å². The Morgan fingerprint density at radius 1 is 1.24 bits per heavy atom. The predicted octanol–water partition coefficient (Wildman–Crippen LogP) is 3.45. The zero-order chi connectivity index (χ0) is 24.4. The first-order valence-electron chi connectivity index (χ1n) is 11.6. The number of hydrogen-bond acceptors (Lipinski definition) is 8. The van der Waals surface area contributed by atoms with Crippen LogP contribution in [0.1, 0.15) is 46.2 Å². The maximum Gasteiger partial charge on any atom is 0.349 e. The Morgan fingerprint density at radius 2 is 2.03 bits per heavy atom. The molecule has 34 heavy (non-hydrogen) atoms. The first-order valence-corrected chi connectivity index (χ1v) is 11.6. The molecule has 0 aromatic carbocycles. The van der Waals surface area contributed by atoms with Gasteiger partial charge >= 0.3 is 5.69 Å². The van der Waals surface area contributed by atoms with Gasteiger partial charge in [0, 0.05) is 38.0 Å². The summed E-state index contributed by atoms with van der Waals surface area (Å²) >= 11 is 0. The van der Waals surface area contributed by atoms with Gasteiger partial charge in [0.05, 0.1) is 17.8 Å². The van der Waals surface area contributed by atoms with E-state index in [4.69, 9.17) is 9.47 Å². The van der Waals surface area contributed by atoms with Gasteiger partial charge < -0.3 is 14.4 Å². The molecule has 0 aliphatic carbocycles. The Bertz CT molecular complexity index is 1260.